The number of methoxy groups -OCH3 is 1. The Morgan fingerprint density at radius 2 is 1.85 bits per heavy atom. The highest BCUT2D eigenvalue weighted by Crippen LogP contribution is 2.24. The summed E-state index contributed by atoms with van der Waals surface area (Å²) in [7, 11) is 3.52. The first kappa shape index (κ1) is 17.5. The fourth-order valence-electron chi connectivity index (χ4n) is 3.32. The van der Waals surface area contributed by atoms with Gasteiger partial charge in [0.1, 0.15) is 5.65 Å². The number of hydrogen-bond donors (Lipinski definition) is 0. The van der Waals surface area contributed by atoms with Crippen LogP contribution < -0.4 is 15.2 Å². The van der Waals surface area contributed by atoms with Crippen LogP contribution in [0.5, 0.6) is 5.75 Å². The second-order valence-corrected chi connectivity index (χ2v) is 6.73. The predicted molar refractivity (Wildman–Crippen MR) is 103 cm³/mol. The summed E-state index contributed by atoms with van der Waals surface area (Å²) < 4.78 is 20.5. The normalized spacial score (nSPS) is 15.3. The third kappa shape index (κ3) is 3.38. The average Bonchev–Trinajstić information content (AvgIpc) is 2.68. The summed E-state index contributed by atoms with van der Waals surface area (Å²) in [5.41, 5.74) is 2.32. The van der Waals surface area contributed by atoms with Gasteiger partial charge in [-0.15, -0.1) is 0 Å². The maximum absolute atomic E-state index is 14.0. The maximum atomic E-state index is 14.0. The van der Waals surface area contributed by atoms with Gasteiger partial charge in [0.15, 0.2) is 11.6 Å². The van der Waals surface area contributed by atoms with Crippen LogP contribution in [0.2, 0.25) is 0 Å². The average molecular weight is 368 g/mol. The van der Waals surface area contributed by atoms with E-state index in [1.165, 1.54) is 29.7 Å². The number of piperazine rings is 1. The van der Waals surface area contributed by atoms with Gasteiger partial charge in [0, 0.05) is 44.0 Å². The van der Waals surface area contributed by atoms with E-state index in [9.17, 15) is 9.18 Å². The van der Waals surface area contributed by atoms with Gasteiger partial charge in [0.2, 0.25) is 0 Å². The van der Waals surface area contributed by atoms with Crippen molar-refractivity contribution < 1.29 is 9.13 Å². The SMILES string of the molecule is COc1ccc(-c2cc(=O)n3cc(N4CCN(C)CC4)ccc3n2)cc1F. The van der Waals surface area contributed by atoms with Gasteiger partial charge in [-0.1, -0.05) is 0 Å². The summed E-state index contributed by atoms with van der Waals surface area (Å²) in [5, 5.41) is 0. The van der Waals surface area contributed by atoms with Crippen LogP contribution in [-0.2, 0) is 0 Å². The van der Waals surface area contributed by atoms with E-state index in [1.807, 2.05) is 18.3 Å². The van der Waals surface area contributed by atoms with Crippen molar-refractivity contribution in [3.05, 3.63) is 58.8 Å². The Morgan fingerprint density at radius 3 is 2.56 bits per heavy atom. The number of aromatic nitrogens is 2. The molecule has 0 unspecified atom stereocenters. The van der Waals surface area contributed by atoms with Gasteiger partial charge in [-0.25, -0.2) is 9.37 Å². The predicted octanol–water partition coefficient (Wildman–Crippen LogP) is 2.26. The number of hydrogen-bond acceptors (Lipinski definition) is 5. The second-order valence-electron chi connectivity index (χ2n) is 6.73. The molecule has 0 N–H and O–H groups in total. The lowest BCUT2D eigenvalue weighted by atomic mass is 10.1. The van der Waals surface area contributed by atoms with Crippen molar-refractivity contribution in [1.82, 2.24) is 14.3 Å². The molecule has 2 aromatic heterocycles. The molecule has 6 nitrogen and oxygen atoms in total. The molecule has 0 atom stereocenters. The fraction of sp³-hybridized carbons (Fsp3) is 0.300. The Labute approximate surface area is 156 Å². The molecular weight excluding hydrogens is 347 g/mol. The van der Waals surface area contributed by atoms with Crippen LogP contribution in [0.1, 0.15) is 0 Å². The monoisotopic (exact) mass is 368 g/mol. The Hall–Kier alpha value is -2.93. The molecule has 0 bridgehead atoms. The first-order chi connectivity index (χ1) is 13.0. The Bertz CT molecular complexity index is 1040. The van der Waals surface area contributed by atoms with Crippen LogP contribution >= 0.6 is 0 Å². The highest BCUT2D eigenvalue weighted by atomic mass is 19.1. The molecule has 1 fully saturated rings. The zero-order valence-electron chi connectivity index (χ0n) is 15.4. The molecular formula is C20H21FN4O2. The van der Waals surface area contributed by atoms with Gasteiger partial charge in [-0.3, -0.25) is 9.20 Å². The van der Waals surface area contributed by atoms with Crippen LogP contribution in [0.25, 0.3) is 16.9 Å². The van der Waals surface area contributed by atoms with E-state index >= 15 is 0 Å². The molecule has 1 saturated heterocycles. The molecule has 1 aromatic carbocycles. The van der Waals surface area contributed by atoms with Gasteiger partial charge >= 0.3 is 0 Å². The topological polar surface area (TPSA) is 50.1 Å². The molecule has 3 aromatic rings. The fourth-order valence-corrected chi connectivity index (χ4v) is 3.32. The first-order valence-corrected chi connectivity index (χ1v) is 8.86. The summed E-state index contributed by atoms with van der Waals surface area (Å²) in [6.45, 7) is 3.83. The van der Waals surface area contributed by atoms with E-state index in [-0.39, 0.29) is 11.3 Å². The van der Waals surface area contributed by atoms with Crippen molar-refractivity contribution in [3.8, 4) is 17.0 Å². The molecule has 0 aliphatic carbocycles. The van der Waals surface area contributed by atoms with Crippen LogP contribution in [0.4, 0.5) is 10.1 Å². The zero-order chi connectivity index (χ0) is 19.0. The number of nitrogens with zero attached hydrogens (tertiary/aromatic N) is 4. The van der Waals surface area contributed by atoms with Crippen molar-refractivity contribution in [1.29, 1.82) is 0 Å². The quantitative estimate of drug-likeness (QED) is 0.710. The summed E-state index contributed by atoms with van der Waals surface area (Å²) in [5.74, 6) is -0.324. The molecule has 0 saturated carbocycles. The summed E-state index contributed by atoms with van der Waals surface area (Å²) in [6, 6.07) is 9.80. The lowest BCUT2D eigenvalue weighted by Crippen LogP contribution is -2.44. The number of benzene rings is 1. The van der Waals surface area contributed by atoms with Crippen molar-refractivity contribution >= 4 is 11.3 Å². The molecule has 0 spiro atoms. The lowest BCUT2D eigenvalue weighted by molar-refractivity contribution is 0.313. The van der Waals surface area contributed by atoms with Crippen LogP contribution in [0, 0.1) is 5.82 Å². The molecule has 7 heteroatoms. The lowest BCUT2D eigenvalue weighted by Gasteiger charge is -2.34. The minimum absolute atomic E-state index is 0.160. The third-order valence-electron chi connectivity index (χ3n) is 4.96. The van der Waals surface area contributed by atoms with Gasteiger partial charge in [-0.05, 0) is 37.4 Å². The number of likely N-dealkylation sites (N-methyl/N-ethyl adjacent to an activating group) is 1. The minimum atomic E-state index is -0.484. The number of halogens is 1. The van der Waals surface area contributed by atoms with E-state index in [0.29, 0.717) is 16.9 Å². The molecule has 3 heterocycles. The van der Waals surface area contributed by atoms with E-state index in [2.05, 4.69) is 21.8 Å². The van der Waals surface area contributed by atoms with Crippen LogP contribution in [-0.4, -0.2) is 54.6 Å². The molecule has 0 amide bonds. The van der Waals surface area contributed by atoms with E-state index in [1.54, 1.807) is 6.07 Å². The summed E-state index contributed by atoms with van der Waals surface area (Å²) in [6.07, 6.45) is 1.83. The standard InChI is InChI=1S/C20H21FN4O2/c1-23-7-9-24(10-8-23)15-4-6-19-22-17(12-20(26)25(19)13-15)14-3-5-18(27-2)16(21)11-14/h3-6,11-13H,7-10H2,1-2H3. The molecule has 4 rings (SSSR count). The van der Waals surface area contributed by atoms with Crippen molar-refractivity contribution in [3.63, 3.8) is 0 Å². The number of pyridine rings is 1. The second kappa shape index (κ2) is 7.00. The first-order valence-electron chi connectivity index (χ1n) is 8.86. The number of fused-ring (bicyclic) bond motifs is 1. The Kier molecular flexibility index (Phi) is 4.53. The number of anilines is 1. The molecule has 140 valence electrons. The van der Waals surface area contributed by atoms with Crippen molar-refractivity contribution in [2.45, 2.75) is 0 Å². The highest BCUT2D eigenvalue weighted by Gasteiger charge is 2.15. The molecule has 27 heavy (non-hydrogen) atoms. The number of rotatable bonds is 3. The van der Waals surface area contributed by atoms with Gasteiger partial charge in [-0.2, -0.15) is 0 Å². The minimum Gasteiger partial charge on any atom is -0.494 e. The third-order valence-corrected chi connectivity index (χ3v) is 4.96. The molecule has 1 aliphatic rings. The van der Waals surface area contributed by atoms with Crippen LogP contribution in [0.15, 0.2) is 47.4 Å². The largest absolute Gasteiger partial charge is 0.494 e. The summed E-state index contributed by atoms with van der Waals surface area (Å²) in [4.78, 5) is 21.7. The zero-order valence-corrected chi connectivity index (χ0v) is 15.4. The Morgan fingerprint density at radius 1 is 1.07 bits per heavy atom. The van der Waals surface area contributed by atoms with Crippen LogP contribution in [0.3, 0.4) is 0 Å². The van der Waals surface area contributed by atoms with Gasteiger partial charge in [0.25, 0.3) is 5.56 Å². The van der Waals surface area contributed by atoms with E-state index in [4.69, 9.17) is 4.74 Å². The van der Waals surface area contributed by atoms with Gasteiger partial charge < -0.3 is 14.5 Å². The van der Waals surface area contributed by atoms with Crippen molar-refractivity contribution in [2.24, 2.45) is 0 Å². The van der Waals surface area contributed by atoms with Crippen molar-refractivity contribution in [2.75, 3.05) is 45.2 Å². The maximum Gasteiger partial charge on any atom is 0.258 e. The Balaban J connectivity index is 1.71. The molecule has 0 radical (unpaired) electrons. The van der Waals surface area contributed by atoms with Gasteiger partial charge in [0.05, 0.1) is 18.5 Å². The van der Waals surface area contributed by atoms with E-state index in [0.717, 1.165) is 31.9 Å². The number of ether oxygens (including phenoxy) is 1. The smallest absolute Gasteiger partial charge is 0.258 e. The molecule has 1 aliphatic heterocycles. The van der Waals surface area contributed by atoms with E-state index < -0.39 is 5.82 Å². The summed E-state index contributed by atoms with van der Waals surface area (Å²) >= 11 is 0. The highest BCUT2D eigenvalue weighted by molar-refractivity contribution is 5.63.